The molecule has 0 unspecified atom stereocenters. The minimum Gasteiger partial charge on any atom is -0.310 e. The van der Waals surface area contributed by atoms with Crippen molar-refractivity contribution in [2.75, 3.05) is 4.90 Å². The maximum absolute atomic E-state index is 2.51. The number of hydrogen-bond donors (Lipinski definition) is 0. The van der Waals surface area contributed by atoms with Crippen molar-refractivity contribution in [2.45, 2.75) is 52.4 Å². The highest BCUT2D eigenvalue weighted by molar-refractivity contribution is 6.26. The van der Waals surface area contributed by atoms with Crippen molar-refractivity contribution >= 4 is 49.4 Å². The minimum absolute atomic E-state index is 0.0262. The molecule has 8 aromatic carbocycles. The average molecular weight is 630 g/mol. The molecule has 2 aliphatic rings. The van der Waals surface area contributed by atoms with Crippen LogP contribution in [-0.4, -0.2) is 0 Å². The van der Waals surface area contributed by atoms with E-state index in [2.05, 4.69) is 174 Å². The van der Waals surface area contributed by atoms with Gasteiger partial charge in [-0.2, -0.15) is 0 Å². The van der Waals surface area contributed by atoms with Gasteiger partial charge in [-0.3, -0.25) is 0 Å². The quantitative estimate of drug-likeness (QED) is 0.176. The molecular formula is C48H39N. The van der Waals surface area contributed by atoms with Crippen molar-refractivity contribution < 1.29 is 0 Å². The highest BCUT2D eigenvalue weighted by Gasteiger charge is 2.39. The third-order valence-electron chi connectivity index (χ3n) is 12.0. The van der Waals surface area contributed by atoms with E-state index in [9.17, 15) is 0 Å². The summed E-state index contributed by atoms with van der Waals surface area (Å²) < 4.78 is 0. The largest absolute Gasteiger partial charge is 0.310 e. The van der Waals surface area contributed by atoms with Crippen LogP contribution in [0.1, 0.15) is 61.1 Å². The van der Waals surface area contributed by atoms with Crippen LogP contribution in [0.4, 0.5) is 17.1 Å². The van der Waals surface area contributed by atoms with Crippen LogP contribution in [0.15, 0.2) is 127 Å². The second-order valence-electron chi connectivity index (χ2n) is 15.5. The lowest BCUT2D eigenvalue weighted by atomic mass is 9.80. The Kier molecular flexibility index (Phi) is 5.61. The van der Waals surface area contributed by atoms with Crippen LogP contribution in [0.5, 0.6) is 0 Å². The van der Waals surface area contributed by atoms with Gasteiger partial charge < -0.3 is 4.90 Å². The predicted octanol–water partition coefficient (Wildman–Crippen LogP) is 13.3. The first-order valence-electron chi connectivity index (χ1n) is 17.6. The summed E-state index contributed by atoms with van der Waals surface area (Å²) >= 11 is 0. The van der Waals surface area contributed by atoms with Gasteiger partial charge >= 0.3 is 0 Å². The van der Waals surface area contributed by atoms with Crippen LogP contribution in [0.2, 0.25) is 0 Å². The maximum atomic E-state index is 2.51. The number of hydrogen-bond acceptors (Lipinski definition) is 1. The smallest absolute Gasteiger partial charge is 0.0519 e. The molecule has 2 aliphatic carbocycles. The zero-order valence-electron chi connectivity index (χ0n) is 29.1. The van der Waals surface area contributed by atoms with Gasteiger partial charge in [0.25, 0.3) is 0 Å². The Morgan fingerprint density at radius 3 is 1.86 bits per heavy atom. The standard InChI is InChI=1S/C48H39N/c1-28-11-9-12-29(2)46(28)49(33-21-24-40-38(26-33)35-15-7-8-16-39(35)47(40,3)4)34-20-23-36-41(27-34)48(5,6)42-25-32-18-17-30-13-10-14-31-19-22-37(45(36)42)44(32)43(30)31/h7-27H,1-6H3. The van der Waals surface area contributed by atoms with Crippen LogP contribution in [0.3, 0.4) is 0 Å². The molecule has 0 saturated carbocycles. The second kappa shape index (κ2) is 9.61. The van der Waals surface area contributed by atoms with E-state index in [0.29, 0.717) is 0 Å². The summed E-state index contributed by atoms with van der Waals surface area (Å²) in [5.41, 5.74) is 17.1. The topological polar surface area (TPSA) is 3.24 Å². The van der Waals surface area contributed by atoms with Crippen molar-refractivity contribution in [2.24, 2.45) is 0 Å². The van der Waals surface area contributed by atoms with Crippen molar-refractivity contribution in [1.29, 1.82) is 0 Å². The fourth-order valence-electron chi connectivity index (χ4n) is 9.56. The molecule has 0 aromatic heterocycles. The summed E-state index contributed by atoms with van der Waals surface area (Å²) in [5.74, 6) is 0. The molecule has 49 heavy (non-hydrogen) atoms. The first kappa shape index (κ1) is 28.6. The van der Waals surface area contributed by atoms with E-state index in [4.69, 9.17) is 0 Å². The van der Waals surface area contributed by atoms with Crippen molar-refractivity contribution in [3.8, 4) is 22.3 Å². The lowest BCUT2D eigenvalue weighted by molar-refractivity contribution is 0.660. The number of nitrogens with zero attached hydrogens (tertiary/aromatic N) is 1. The summed E-state index contributed by atoms with van der Waals surface area (Å²) in [6.45, 7) is 14.0. The number of benzene rings is 8. The SMILES string of the molecule is Cc1cccc(C)c1N(c1ccc2c(c1)-c1ccccc1C2(C)C)c1ccc2c(c1)C(C)(C)c1cc3ccc4cccc5ccc(c1-2)c3c45. The van der Waals surface area contributed by atoms with Gasteiger partial charge in [-0.05, 0) is 132 Å². The molecule has 0 spiro atoms. The molecule has 236 valence electrons. The van der Waals surface area contributed by atoms with E-state index in [1.807, 2.05) is 0 Å². The molecule has 0 atom stereocenters. The highest BCUT2D eigenvalue weighted by atomic mass is 15.1. The van der Waals surface area contributed by atoms with Crippen LogP contribution in [0, 0.1) is 13.8 Å². The Morgan fingerprint density at radius 1 is 0.429 bits per heavy atom. The number of rotatable bonds is 3. The maximum Gasteiger partial charge on any atom is 0.0519 e. The molecule has 8 aromatic rings. The van der Waals surface area contributed by atoms with E-state index < -0.39 is 0 Å². The number of para-hydroxylation sites is 1. The molecule has 0 saturated heterocycles. The predicted molar refractivity (Wildman–Crippen MR) is 209 cm³/mol. The third kappa shape index (κ3) is 3.71. The molecule has 0 heterocycles. The Labute approximate surface area is 288 Å². The molecule has 0 amide bonds. The molecular weight excluding hydrogens is 591 g/mol. The van der Waals surface area contributed by atoms with Crippen LogP contribution < -0.4 is 4.90 Å². The summed E-state index contributed by atoms with van der Waals surface area (Å²) in [5, 5.41) is 8.09. The van der Waals surface area contributed by atoms with Crippen molar-refractivity contribution in [1.82, 2.24) is 0 Å². The monoisotopic (exact) mass is 629 g/mol. The van der Waals surface area contributed by atoms with Gasteiger partial charge in [0.1, 0.15) is 0 Å². The van der Waals surface area contributed by atoms with Crippen LogP contribution >= 0.6 is 0 Å². The van der Waals surface area contributed by atoms with Gasteiger partial charge in [0.05, 0.1) is 5.69 Å². The number of fused-ring (bicyclic) bond motifs is 7. The molecule has 0 aliphatic heterocycles. The number of anilines is 3. The normalized spacial score (nSPS) is 15.1. The van der Waals surface area contributed by atoms with Gasteiger partial charge in [0.15, 0.2) is 0 Å². The first-order valence-corrected chi connectivity index (χ1v) is 17.6. The zero-order chi connectivity index (χ0) is 33.4. The van der Waals surface area contributed by atoms with Crippen LogP contribution in [0.25, 0.3) is 54.6 Å². The Morgan fingerprint density at radius 2 is 1.06 bits per heavy atom. The number of aryl methyl sites for hydroxylation is 2. The summed E-state index contributed by atoms with van der Waals surface area (Å²) in [7, 11) is 0. The molecule has 0 bridgehead atoms. The minimum atomic E-state index is -0.154. The lowest BCUT2D eigenvalue weighted by Gasteiger charge is -2.31. The summed E-state index contributed by atoms with van der Waals surface area (Å²) in [4.78, 5) is 2.51. The van der Waals surface area contributed by atoms with E-state index in [1.165, 1.54) is 105 Å². The summed E-state index contributed by atoms with van der Waals surface area (Å²) in [6, 6.07) is 48.5. The summed E-state index contributed by atoms with van der Waals surface area (Å²) in [6.07, 6.45) is 0. The first-order chi connectivity index (χ1) is 23.6. The van der Waals surface area contributed by atoms with Gasteiger partial charge in [-0.1, -0.05) is 125 Å². The van der Waals surface area contributed by atoms with Gasteiger partial charge in [-0.15, -0.1) is 0 Å². The van der Waals surface area contributed by atoms with E-state index in [1.54, 1.807) is 0 Å². The Balaban J connectivity index is 1.21. The third-order valence-corrected chi connectivity index (χ3v) is 12.0. The van der Waals surface area contributed by atoms with Gasteiger partial charge in [0, 0.05) is 22.2 Å². The lowest BCUT2D eigenvalue weighted by Crippen LogP contribution is -2.18. The van der Waals surface area contributed by atoms with E-state index in [0.717, 1.165) is 0 Å². The van der Waals surface area contributed by atoms with Crippen molar-refractivity contribution in [3.05, 3.63) is 161 Å². The van der Waals surface area contributed by atoms with E-state index >= 15 is 0 Å². The Bertz CT molecular complexity index is 2650. The molecule has 0 radical (unpaired) electrons. The molecule has 0 fully saturated rings. The zero-order valence-corrected chi connectivity index (χ0v) is 29.1. The van der Waals surface area contributed by atoms with Gasteiger partial charge in [0.2, 0.25) is 0 Å². The van der Waals surface area contributed by atoms with Crippen molar-refractivity contribution in [3.63, 3.8) is 0 Å². The molecule has 0 N–H and O–H groups in total. The van der Waals surface area contributed by atoms with E-state index in [-0.39, 0.29) is 10.8 Å². The highest BCUT2D eigenvalue weighted by Crippen LogP contribution is 2.56. The average Bonchev–Trinajstić information content (AvgIpc) is 3.47. The Hall–Kier alpha value is -5.40. The van der Waals surface area contributed by atoms with Crippen LogP contribution in [-0.2, 0) is 10.8 Å². The molecule has 1 nitrogen and oxygen atoms in total. The second-order valence-corrected chi connectivity index (χ2v) is 15.5. The van der Waals surface area contributed by atoms with Gasteiger partial charge in [-0.25, -0.2) is 0 Å². The fourth-order valence-corrected chi connectivity index (χ4v) is 9.56. The molecule has 1 heteroatoms. The fraction of sp³-hybridized carbons (Fsp3) is 0.167. The molecule has 10 rings (SSSR count).